The number of ether oxygens (including phenoxy) is 1. The van der Waals surface area contributed by atoms with Crippen molar-refractivity contribution >= 4 is 0 Å². The van der Waals surface area contributed by atoms with Crippen LogP contribution in [-0.2, 0) is 0 Å². The Bertz CT molecular complexity index is 252. The van der Waals surface area contributed by atoms with Gasteiger partial charge in [0.25, 0.3) is 0 Å². The number of hydrogen-bond donors (Lipinski definition) is 1. The molecule has 1 N–H and O–H groups in total. The lowest BCUT2D eigenvalue weighted by molar-refractivity contribution is -0.274. The van der Waals surface area contributed by atoms with E-state index in [1.165, 1.54) is 0 Å². The van der Waals surface area contributed by atoms with Crippen molar-refractivity contribution in [3.05, 3.63) is 24.3 Å². The molecule has 0 bridgehead atoms. The fourth-order valence-corrected chi connectivity index (χ4v) is 0.599. The van der Waals surface area contributed by atoms with Gasteiger partial charge < -0.3 is 9.84 Å². The van der Waals surface area contributed by atoms with Crippen molar-refractivity contribution in [2.45, 2.75) is 6.36 Å². The van der Waals surface area contributed by atoms with Gasteiger partial charge in [-0.3, -0.25) is 0 Å². The lowest BCUT2D eigenvalue weighted by Crippen LogP contribution is -2.16. The summed E-state index contributed by atoms with van der Waals surface area (Å²) in [6.07, 6.45) is -4.70. The van der Waals surface area contributed by atoms with Crippen molar-refractivity contribution in [2.75, 3.05) is 0 Å². The summed E-state index contributed by atoms with van der Waals surface area (Å²) in [5.74, 6) is -0.634. The molecule has 0 unspecified atom stereocenters. The van der Waals surface area contributed by atoms with Crippen molar-refractivity contribution in [2.24, 2.45) is 0 Å². The Hall–Kier alpha value is -1.39. The third-order valence-corrected chi connectivity index (χ3v) is 1.00. The van der Waals surface area contributed by atoms with Crippen LogP contribution in [0.25, 0.3) is 0 Å². The summed E-state index contributed by atoms with van der Waals surface area (Å²) in [6, 6.07) is 5.11. The van der Waals surface area contributed by atoms with Crippen LogP contribution >= 0.6 is 0 Å². The molecule has 65 valence electrons. The average Bonchev–Trinajstić information content (AvgIpc) is 1.91. The molecule has 12 heavy (non-hydrogen) atoms. The number of phenolic OH excluding ortho intramolecular Hbond substituents is 1. The molecular weight excluding hydrogens is 173 g/mol. The van der Waals surface area contributed by atoms with Crippen molar-refractivity contribution < 1.29 is 23.0 Å². The van der Waals surface area contributed by atoms with E-state index in [2.05, 4.69) is 10.8 Å². The smallest absolute Gasteiger partial charge is 0.507 e. The number of halogens is 3. The van der Waals surface area contributed by atoms with Gasteiger partial charge in [-0.05, 0) is 18.2 Å². The predicted octanol–water partition coefficient (Wildman–Crippen LogP) is 2.09. The van der Waals surface area contributed by atoms with E-state index >= 15 is 0 Å². The number of hydrogen-bond acceptors (Lipinski definition) is 2. The minimum Gasteiger partial charge on any atom is -0.507 e. The van der Waals surface area contributed by atoms with Gasteiger partial charge >= 0.3 is 6.36 Å². The Kier molecular flexibility index (Phi) is 2.12. The number of rotatable bonds is 1. The molecule has 1 aromatic carbocycles. The lowest BCUT2D eigenvalue weighted by Gasteiger charge is -2.07. The topological polar surface area (TPSA) is 29.5 Å². The van der Waals surface area contributed by atoms with Crippen LogP contribution in [0.4, 0.5) is 13.2 Å². The number of benzene rings is 1. The van der Waals surface area contributed by atoms with Crippen molar-refractivity contribution in [3.8, 4) is 11.5 Å². The van der Waals surface area contributed by atoms with Gasteiger partial charge in [-0.1, -0.05) is 0 Å². The van der Waals surface area contributed by atoms with Crippen molar-refractivity contribution in [1.82, 2.24) is 0 Å². The Morgan fingerprint density at radius 1 is 1.33 bits per heavy atom. The SMILES string of the molecule is Oc1[c]cc(OC(F)(F)F)cc1. The van der Waals surface area contributed by atoms with Crippen LogP contribution in [0, 0.1) is 6.07 Å². The summed E-state index contributed by atoms with van der Waals surface area (Å²) in [6.45, 7) is 0. The van der Waals surface area contributed by atoms with E-state index < -0.39 is 12.1 Å². The van der Waals surface area contributed by atoms with Gasteiger partial charge in [-0.15, -0.1) is 13.2 Å². The highest BCUT2D eigenvalue weighted by Gasteiger charge is 2.30. The first kappa shape index (κ1) is 8.70. The van der Waals surface area contributed by atoms with E-state index in [4.69, 9.17) is 5.11 Å². The maximum Gasteiger partial charge on any atom is 0.573 e. The van der Waals surface area contributed by atoms with E-state index in [0.717, 1.165) is 18.2 Å². The average molecular weight is 177 g/mol. The largest absolute Gasteiger partial charge is 0.573 e. The highest BCUT2D eigenvalue weighted by molar-refractivity contribution is 5.28. The molecule has 1 rings (SSSR count). The molecule has 0 heterocycles. The zero-order valence-corrected chi connectivity index (χ0v) is 5.72. The second kappa shape index (κ2) is 2.92. The van der Waals surface area contributed by atoms with E-state index in [9.17, 15) is 13.2 Å². The van der Waals surface area contributed by atoms with E-state index in [1.807, 2.05) is 0 Å². The summed E-state index contributed by atoms with van der Waals surface area (Å²) < 4.78 is 38.1. The quantitative estimate of drug-likeness (QED) is 0.711. The maximum absolute atomic E-state index is 11.5. The molecule has 0 spiro atoms. The summed E-state index contributed by atoms with van der Waals surface area (Å²) >= 11 is 0. The summed E-state index contributed by atoms with van der Waals surface area (Å²) in [5.41, 5.74) is 0. The molecule has 0 fully saturated rings. The van der Waals surface area contributed by atoms with Crippen LogP contribution in [0.3, 0.4) is 0 Å². The Morgan fingerprint density at radius 2 is 2.00 bits per heavy atom. The normalized spacial score (nSPS) is 11.2. The first-order chi connectivity index (χ1) is 5.47. The molecule has 1 radical (unpaired) electrons. The van der Waals surface area contributed by atoms with Crippen LogP contribution in [0.15, 0.2) is 18.2 Å². The fourth-order valence-electron chi connectivity index (χ4n) is 0.599. The third kappa shape index (κ3) is 2.69. The van der Waals surface area contributed by atoms with Crippen LogP contribution in [0.2, 0.25) is 0 Å². The highest BCUT2D eigenvalue weighted by atomic mass is 19.4. The Labute approximate surface area is 66.2 Å². The third-order valence-electron chi connectivity index (χ3n) is 1.00. The predicted molar refractivity (Wildman–Crippen MR) is 33.6 cm³/mol. The molecule has 5 heteroatoms. The number of phenols is 1. The standard InChI is InChI=1S/C7H4F3O2/c8-7(9,10)12-6-3-1-5(11)2-4-6/h1,3-4,11H. The molecule has 0 saturated carbocycles. The molecule has 0 atom stereocenters. The monoisotopic (exact) mass is 177 g/mol. The maximum atomic E-state index is 11.5. The first-order valence-electron chi connectivity index (χ1n) is 2.94. The molecule has 0 aliphatic heterocycles. The molecule has 0 aliphatic carbocycles. The molecule has 0 aliphatic rings. The minimum absolute atomic E-state index is 0.232. The number of aromatic hydroxyl groups is 1. The Balaban J connectivity index is 2.71. The minimum atomic E-state index is -4.70. The molecule has 0 aromatic heterocycles. The van der Waals surface area contributed by atoms with Crippen LogP contribution < -0.4 is 4.74 Å². The highest BCUT2D eigenvalue weighted by Crippen LogP contribution is 2.23. The van der Waals surface area contributed by atoms with Crippen molar-refractivity contribution in [1.29, 1.82) is 0 Å². The lowest BCUT2D eigenvalue weighted by atomic mass is 10.3. The summed E-state index contributed by atoms with van der Waals surface area (Å²) in [5, 5.41) is 8.66. The number of alkyl halides is 3. The van der Waals surface area contributed by atoms with Gasteiger partial charge in [0.2, 0.25) is 0 Å². The zero-order valence-electron chi connectivity index (χ0n) is 5.72. The summed E-state index contributed by atoms with van der Waals surface area (Å²) in [7, 11) is 0. The van der Waals surface area contributed by atoms with Crippen LogP contribution in [0.1, 0.15) is 0 Å². The van der Waals surface area contributed by atoms with E-state index in [1.54, 1.807) is 0 Å². The fraction of sp³-hybridized carbons (Fsp3) is 0.143. The van der Waals surface area contributed by atoms with Crippen LogP contribution in [-0.4, -0.2) is 11.5 Å². The van der Waals surface area contributed by atoms with E-state index in [0.29, 0.717) is 0 Å². The van der Waals surface area contributed by atoms with E-state index in [-0.39, 0.29) is 5.75 Å². The first-order valence-corrected chi connectivity index (χ1v) is 2.94. The summed E-state index contributed by atoms with van der Waals surface area (Å²) in [4.78, 5) is 0. The van der Waals surface area contributed by atoms with Gasteiger partial charge in [0.05, 0.1) is 0 Å². The van der Waals surface area contributed by atoms with Crippen LogP contribution in [0.5, 0.6) is 11.5 Å². The van der Waals surface area contributed by atoms with Gasteiger partial charge in [-0.25, -0.2) is 0 Å². The molecule has 2 nitrogen and oxygen atoms in total. The van der Waals surface area contributed by atoms with Crippen molar-refractivity contribution in [3.63, 3.8) is 0 Å². The van der Waals surface area contributed by atoms with Gasteiger partial charge in [0.1, 0.15) is 11.5 Å². The van der Waals surface area contributed by atoms with Gasteiger partial charge in [0, 0.05) is 6.07 Å². The second-order valence-electron chi connectivity index (χ2n) is 1.96. The molecule has 1 aromatic rings. The zero-order chi connectivity index (χ0) is 9.19. The molecule has 0 amide bonds. The molecule has 0 saturated heterocycles. The molecular formula is C7H4F3O2. The second-order valence-corrected chi connectivity index (χ2v) is 1.96. The van der Waals surface area contributed by atoms with Gasteiger partial charge in [-0.2, -0.15) is 0 Å². The van der Waals surface area contributed by atoms with Gasteiger partial charge in [0.15, 0.2) is 0 Å². The Morgan fingerprint density at radius 3 is 2.42 bits per heavy atom.